The van der Waals surface area contributed by atoms with Crippen molar-refractivity contribution >= 4 is 34.4 Å². The molecule has 6 nitrogen and oxygen atoms in total. The summed E-state index contributed by atoms with van der Waals surface area (Å²) in [6.45, 7) is 8.00. The number of fused-ring (bicyclic) bond motifs is 1. The Bertz CT molecular complexity index is 1330. The standard InChI is InChI=1S/C24H18ClN5O.2C2H6/c25-19-4-1-3-16(10-19)23(31)30-21-6-5-18(14-27-21)24(7-2-8-24)20-11-17-9-15(12-26)13-28-22(17)29-20;2*1-2/h1,3-6,9-11,13-14H,2,7-8H2,(H,28,29)(H,27,30,31);2*1-2H3. The number of pyridine rings is 2. The van der Waals surface area contributed by atoms with Crippen LogP contribution in [0.5, 0.6) is 0 Å². The fraction of sp³-hybridized carbons (Fsp3) is 0.286. The lowest BCUT2D eigenvalue weighted by atomic mass is 9.63. The first-order chi connectivity index (χ1) is 17.1. The Kier molecular flexibility index (Phi) is 8.62. The number of nitrogens with zero attached hydrogens (tertiary/aromatic N) is 3. The SMILES string of the molecule is CC.CC.N#Cc1cnc2[nH]c(C3(c4ccc(NC(=O)c5cccc(Cl)c5)nc4)CCC3)cc2c1. The summed E-state index contributed by atoms with van der Waals surface area (Å²) in [6, 6.07) is 16.7. The summed E-state index contributed by atoms with van der Waals surface area (Å²) in [4.78, 5) is 24.7. The number of benzene rings is 1. The van der Waals surface area contributed by atoms with Crippen LogP contribution in [-0.4, -0.2) is 20.9 Å². The van der Waals surface area contributed by atoms with Gasteiger partial charge in [0, 0.05) is 39.5 Å². The number of carbonyl (C=O) groups excluding carboxylic acids is 1. The topological polar surface area (TPSA) is 94.5 Å². The van der Waals surface area contributed by atoms with E-state index in [9.17, 15) is 4.79 Å². The van der Waals surface area contributed by atoms with Gasteiger partial charge in [-0.2, -0.15) is 5.26 Å². The van der Waals surface area contributed by atoms with E-state index in [4.69, 9.17) is 16.9 Å². The molecule has 5 rings (SSSR count). The van der Waals surface area contributed by atoms with Crippen molar-refractivity contribution in [3.05, 3.63) is 88.3 Å². The quantitative estimate of drug-likeness (QED) is 0.316. The van der Waals surface area contributed by atoms with Gasteiger partial charge in [0.1, 0.15) is 17.5 Å². The smallest absolute Gasteiger partial charge is 0.256 e. The van der Waals surface area contributed by atoms with E-state index >= 15 is 0 Å². The molecule has 1 aliphatic carbocycles. The first kappa shape index (κ1) is 25.9. The van der Waals surface area contributed by atoms with E-state index in [1.165, 1.54) is 0 Å². The van der Waals surface area contributed by atoms with Crippen LogP contribution >= 0.6 is 11.6 Å². The number of anilines is 1. The normalized spacial score (nSPS) is 13.3. The molecule has 1 aliphatic rings. The van der Waals surface area contributed by atoms with Gasteiger partial charge in [0.05, 0.1) is 5.56 Å². The van der Waals surface area contributed by atoms with Crippen molar-refractivity contribution in [3.8, 4) is 6.07 Å². The first-order valence-corrected chi connectivity index (χ1v) is 12.4. The Hall–Kier alpha value is -3.69. The van der Waals surface area contributed by atoms with Crippen molar-refractivity contribution in [3.63, 3.8) is 0 Å². The molecule has 1 fully saturated rings. The number of aromatic amines is 1. The van der Waals surface area contributed by atoms with Gasteiger partial charge in [-0.15, -0.1) is 0 Å². The lowest BCUT2D eigenvalue weighted by Gasteiger charge is -2.41. The van der Waals surface area contributed by atoms with E-state index < -0.39 is 0 Å². The van der Waals surface area contributed by atoms with Gasteiger partial charge in [-0.3, -0.25) is 4.79 Å². The Labute approximate surface area is 211 Å². The molecule has 3 heterocycles. The van der Waals surface area contributed by atoms with Crippen LogP contribution in [-0.2, 0) is 5.41 Å². The molecule has 0 bridgehead atoms. The van der Waals surface area contributed by atoms with Crippen LogP contribution in [0.4, 0.5) is 5.82 Å². The second kappa shape index (κ2) is 11.6. The predicted molar refractivity (Wildman–Crippen MR) is 142 cm³/mol. The van der Waals surface area contributed by atoms with Gasteiger partial charge in [-0.1, -0.05) is 57.8 Å². The Balaban J connectivity index is 0.000000815. The number of rotatable bonds is 4. The number of hydrogen-bond donors (Lipinski definition) is 2. The van der Waals surface area contributed by atoms with Crippen LogP contribution in [0.1, 0.15) is 74.1 Å². The van der Waals surface area contributed by atoms with Gasteiger partial charge in [0.15, 0.2) is 0 Å². The minimum atomic E-state index is -0.254. The van der Waals surface area contributed by atoms with Crippen molar-refractivity contribution in [2.45, 2.75) is 52.4 Å². The zero-order valence-corrected chi connectivity index (χ0v) is 21.3. The van der Waals surface area contributed by atoms with E-state index in [2.05, 4.69) is 32.4 Å². The molecule has 0 atom stereocenters. The van der Waals surface area contributed by atoms with Gasteiger partial charge in [0.25, 0.3) is 5.91 Å². The molecule has 4 aromatic rings. The molecule has 0 spiro atoms. The summed E-state index contributed by atoms with van der Waals surface area (Å²) in [5.41, 5.74) is 3.81. The van der Waals surface area contributed by atoms with Crippen LogP contribution in [0, 0.1) is 11.3 Å². The summed E-state index contributed by atoms with van der Waals surface area (Å²) in [5, 5.41) is 13.4. The summed E-state index contributed by atoms with van der Waals surface area (Å²) in [5.74, 6) is 0.233. The van der Waals surface area contributed by atoms with E-state index in [0.29, 0.717) is 22.0 Å². The van der Waals surface area contributed by atoms with Crippen molar-refractivity contribution < 1.29 is 4.79 Å². The third kappa shape index (κ3) is 5.36. The molecule has 0 saturated heterocycles. The van der Waals surface area contributed by atoms with Crippen molar-refractivity contribution in [2.24, 2.45) is 0 Å². The Morgan fingerprint density at radius 2 is 1.83 bits per heavy atom. The molecule has 2 N–H and O–H groups in total. The minimum absolute atomic E-state index is 0.157. The van der Waals surface area contributed by atoms with E-state index in [1.54, 1.807) is 30.5 Å². The zero-order chi connectivity index (χ0) is 25.4. The van der Waals surface area contributed by atoms with E-state index in [-0.39, 0.29) is 11.3 Å². The monoisotopic (exact) mass is 487 g/mol. The molecule has 7 heteroatoms. The highest BCUT2D eigenvalue weighted by Crippen LogP contribution is 2.49. The highest BCUT2D eigenvalue weighted by molar-refractivity contribution is 6.31. The molecular formula is C28H30ClN5O. The molecule has 0 unspecified atom stereocenters. The van der Waals surface area contributed by atoms with Crippen molar-refractivity contribution in [2.75, 3.05) is 5.32 Å². The Morgan fingerprint density at radius 1 is 1.06 bits per heavy atom. The number of nitrogens with one attached hydrogen (secondary N) is 2. The molecule has 3 aromatic heterocycles. The number of hydrogen-bond acceptors (Lipinski definition) is 4. The molecule has 1 saturated carbocycles. The maximum absolute atomic E-state index is 12.4. The van der Waals surface area contributed by atoms with E-state index in [1.807, 2.05) is 52.1 Å². The molecule has 0 aliphatic heterocycles. The average Bonchev–Trinajstić information content (AvgIpc) is 3.30. The van der Waals surface area contributed by atoms with Gasteiger partial charge < -0.3 is 10.3 Å². The molecule has 0 radical (unpaired) electrons. The maximum atomic E-state index is 12.4. The number of amides is 1. The molecule has 180 valence electrons. The largest absolute Gasteiger partial charge is 0.342 e. The molecular weight excluding hydrogens is 458 g/mol. The number of nitriles is 1. The Morgan fingerprint density at radius 3 is 2.43 bits per heavy atom. The van der Waals surface area contributed by atoms with Gasteiger partial charge in [-0.05, 0) is 54.8 Å². The van der Waals surface area contributed by atoms with Crippen LogP contribution in [0.15, 0.2) is 60.9 Å². The zero-order valence-electron chi connectivity index (χ0n) is 20.5. The number of H-pyrrole nitrogens is 1. The molecule has 35 heavy (non-hydrogen) atoms. The van der Waals surface area contributed by atoms with Gasteiger partial charge in [0.2, 0.25) is 0 Å². The lowest BCUT2D eigenvalue weighted by Crippen LogP contribution is -2.36. The number of aromatic nitrogens is 3. The highest BCUT2D eigenvalue weighted by Gasteiger charge is 2.42. The minimum Gasteiger partial charge on any atom is -0.342 e. The first-order valence-electron chi connectivity index (χ1n) is 12.0. The van der Waals surface area contributed by atoms with Crippen molar-refractivity contribution in [1.82, 2.24) is 15.0 Å². The fourth-order valence-electron chi connectivity index (χ4n) is 4.15. The maximum Gasteiger partial charge on any atom is 0.256 e. The third-order valence-electron chi connectivity index (χ3n) is 5.97. The number of halogens is 1. The second-order valence-corrected chi connectivity index (χ2v) is 8.23. The summed E-state index contributed by atoms with van der Waals surface area (Å²) < 4.78 is 0. The van der Waals surface area contributed by atoms with Crippen molar-refractivity contribution in [1.29, 1.82) is 5.26 Å². The van der Waals surface area contributed by atoms with Crippen LogP contribution in [0.2, 0.25) is 5.02 Å². The average molecular weight is 488 g/mol. The van der Waals surface area contributed by atoms with Crippen LogP contribution in [0.25, 0.3) is 11.0 Å². The van der Waals surface area contributed by atoms with Crippen LogP contribution in [0.3, 0.4) is 0 Å². The second-order valence-electron chi connectivity index (χ2n) is 7.79. The summed E-state index contributed by atoms with van der Waals surface area (Å²) >= 11 is 5.97. The summed E-state index contributed by atoms with van der Waals surface area (Å²) in [6.07, 6.45) is 6.53. The third-order valence-corrected chi connectivity index (χ3v) is 6.20. The fourth-order valence-corrected chi connectivity index (χ4v) is 4.34. The highest BCUT2D eigenvalue weighted by atomic mass is 35.5. The molecule has 1 aromatic carbocycles. The van der Waals surface area contributed by atoms with E-state index in [0.717, 1.165) is 41.6 Å². The predicted octanol–water partition coefficient (Wildman–Crippen LogP) is 7.26. The summed E-state index contributed by atoms with van der Waals surface area (Å²) in [7, 11) is 0. The van der Waals surface area contributed by atoms with Gasteiger partial charge in [-0.25, -0.2) is 9.97 Å². The lowest BCUT2D eigenvalue weighted by molar-refractivity contribution is 0.102. The number of carbonyl (C=O) groups is 1. The van der Waals surface area contributed by atoms with Gasteiger partial charge >= 0.3 is 0 Å². The van der Waals surface area contributed by atoms with Crippen LogP contribution < -0.4 is 5.32 Å². The molecule has 1 amide bonds.